The van der Waals surface area contributed by atoms with Crippen LogP contribution in [0.2, 0.25) is 0 Å². The van der Waals surface area contributed by atoms with Crippen LogP contribution in [0.25, 0.3) is 0 Å². The summed E-state index contributed by atoms with van der Waals surface area (Å²) < 4.78 is 48.2. The minimum Gasteiger partial charge on any atom is -0.466 e. The topological polar surface area (TPSA) is 193 Å². The Hall–Kier alpha value is -2.65. The number of carbonyl (C=O) groups excluding carboxylic acids is 4. The van der Waals surface area contributed by atoms with Gasteiger partial charge in [-0.3, -0.25) is 13.8 Å². The van der Waals surface area contributed by atoms with Crippen LogP contribution < -0.4 is 10.6 Å². The molecule has 3 N–H and O–H groups in total. The molecule has 0 aromatic carbocycles. The molecule has 14 nitrogen and oxygen atoms in total. The Balaban J connectivity index is 0.000000447. The number of hydrogen-bond acceptors (Lipinski definition) is 12. The molecule has 2 amide bonds. The molecule has 0 saturated heterocycles. The predicted octanol–water partition coefficient (Wildman–Crippen LogP) is 3.19. The van der Waals surface area contributed by atoms with Crippen molar-refractivity contribution in [3.05, 3.63) is 0 Å². The lowest BCUT2D eigenvalue weighted by Gasteiger charge is -2.35. The highest BCUT2D eigenvalue weighted by atomic mass is 32.2. The lowest BCUT2D eigenvalue weighted by Crippen LogP contribution is -2.51. The Bertz CT molecular complexity index is 1070. The molecule has 0 bridgehead atoms. The SMILES string of the molecule is CCOC(=O)[C@@H]1CC[C@H](O)[C@@H](NC(=O)OC(C)(C)C)C1.CCOC(=O)[C@@H]1CC[C@H](OS(C)(=O)=O)[C@@H](NC(=O)OC(C)(C)C)C1. The fraction of sp³-hybridized carbons (Fsp3) is 0.862. The zero-order chi connectivity index (χ0) is 33.9. The quantitative estimate of drug-likeness (QED) is 0.197. The van der Waals surface area contributed by atoms with Gasteiger partial charge in [-0.1, -0.05) is 0 Å². The first kappa shape index (κ1) is 39.4. The number of ether oxygens (including phenoxy) is 4. The van der Waals surface area contributed by atoms with E-state index < -0.39 is 63.7 Å². The van der Waals surface area contributed by atoms with Gasteiger partial charge in [0, 0.05) is 0 Å². The van der Waals surface area contributed by atoms with Gasteiger partial charge in [0.05, 0.1) is 55.6 Å². The number of aliphatic hydroxyl groups is 1. The van der Waals surface area contributed by atoms with Crippen LogP contribution in [0, 0.1) is 11.8 Å². The Kier molecular flexibility index (Phi) is 15.4. The molecule has 0 unspecified atom stereocenters. The molecule has 2 fully saturated rings. The zero-order valence-corrected chi connectivity index (χ0v) is 28.3. The first-order valence-electron chi connectivity index (χ1n) is 15.0. The molecule has 2 aliphatic rings. The number of amides is 2. The van der Waals surface area contributed by atoms with Crippen LogP contribution in [0.1, 0.15) is 93.9 Å². The number of rotatable bonds is 8. The molecular formula is C29H52N2O12S. The minimum absolute atomic E-state index is 0.234. The maximum Gasteiger partial charge on any atom is 0.407 e. The van der Waals surface area contributed by atoms with Gasteiger partial charge in [-0.25, -0.2) is 9.59 Å². The summed E-state index contributed by atoms with van der Waals surface area (Å²) in [5, 5.41) is 15.2. The third-order valence-corrected chi connectivity index (χ3v) is 7.14. The molecule has 0 aliphatic heterocycles. The normalized spacial score (nSPS) is 25.8. The van der Waals surface area contributed by atoms with E-state index in [9.17, 15) is 32.7 Å². The second-order valence-corrected chi connectivity index (χ2v) is 14.5. The molecule has 256 valence electrons. The maximum atomic E-state index is 12.0. The van der Waals surface area contributed by atoms with E-state index in [-0.39, 0.29) is 30.9 Å². The van der Waals surface area contributed by atoms with Gasteiger partial charge < -0.3 is 34.7 Å². The summed E-state index contributed by atoms with van der Waals surface area (Å²) in [6.45, 7) is 14.5. The van der Waals surface area contributed by atoms with Gasteiger partial charge in [-0.2, -0.15) is 8.42 Å². The van der Waals surface area contributed by atoms with E-state index in [4.69, 9.17) is 23.1 Å². The maximum absolute atomic E-state index is 12.0. The van der Waals surface area contributed by atoms with Gasteiger partial charge in [0.15, 0.2) is 0 Å². The molecule has 0 spiro atoms. The first-order chi connectivity index (χ1) is 20.1. The molecule has 6 atom stereocenters. The average molecular weight is 653 g/mol. The van der Waals surface area contributed by atoms with Crippen LogP contribution in [0.5, 0.6) is 0 Å². The summed E-state index contributed by atoms with van der Waals surface area (Å²) in [7, 11) is -3.68. The predicted molar refractivity (Wildman–Crippen MR) is 160 cm³/mol. The van der Waals surface area contributed by atoms with Crippen LogP contribution in [0.15, 0.2) is 0 Å². The summed E-state index contributed by atoms with van der Waals surface area (Å²) >= 11 is 0. The molecule has 0 aromatic heterocycles. The molecular weight excluding hydrogens is 600 g/mol. The standard InChI is InChI=1S/C15H27NO7S.C14H25NO5/c1-6-21-13(17)10-7-8-12(23-24(5,19)20)11(9-10)16-14(18)22-15(2,3)4;1-5-19-12(17)9-6-7-11(16)10(8-9)15-13(18)20-14(2,3)4/h10-12H,6-9H2,1-5H3,(H,16,18);9-11,16H,5-8H2,1-4H3,(H,15,18)/t10-,11+,12+;9-,10+,11+/m11/s1. The molecule has 44 heavy (non-hydrogen) atoms. The summed E-state index contributed by atoms with van der Waals surface area (Å²) in [6, 6.07) is -1.13. The van der Waals surface area contributed by atoms with Crippen LogP contribution in [0.3, 0.4) is 0 Å². The lowest BCUT2D eigenvalue weighted by molar-refractivity contribution is -0.151. The van der Waals surface area contributed by atoms with Crippen molar-refractivity contribution in [1.82, 2.24) is 10.6 Å². The van der Waals surface area contributed by atoms with Crippen molar-refractivity contribution in [2.24, 2.45) is 11.8 Å². The molecule has 0 radical (unpaired) electrons. The highest BCUT2D eigenvalue weighted by molar-refractivity contribution is 7.86. The smallest absolute Gasteiger partial charge is 0.407 e. The molecule has 0 heterocycles. The van der Waals surface area contributed by atoms with Crippen LogP contribution >= 0.6 is 0 Å². The van der Waals surface area contributed by atoms with E-state index in [0.29, 0.717) is 38.7 Å². The number of aliphatic hydroxyl groups excluding tert-OH is 1. The van der Waals surface area contributed by atoms with Crippen molar-refractivity contribution in [3.63, 3.8) is 0 Å². The zero-order valence-electron chi connectivity index (χ0n) is 27.5. The van der Waals surface area contributed by atoms with Gasteiger partial charge in [-0.15, -0.1) is 0 Å². The fourth-order valence-electron chi connectivity index (χ4n) is 4.81. The van der Waals surface area contributed by atoms with Crippen molar-refractivity contribution < 1.29 is 55.8 Å². The van der Waals surface area contributed by atoms with Gasteiger partial charge in [-0.05, 0) is 93.9 Å². The Labute approximate surface area is 261 Å². The molecule has 15 heteroatoms. The van der Waals surface area contributed by atoms with Gasteiger partial charge in [0.1, 0.15) is 11.2 Å². The van der Waals surface area contributed by atoms with E-state index in [1.165, 1.54) is 0 Å². The van der Waals surface area contributed by atoms with E-state index in [1.807, 2.05) is 0 Å². The largest absolute Gasteiger partial charge is 0.466 e. The average Bonchev–Trinajstić information content (AvgIpc) is 2.84. The van der Waals surface area contributed by atoms with E-state index in [0.717, 1.165) is 6.26 Å². The summed E-state index contributed by atoms with van der Waals surface area (Å²) in [4.78, 5) is 47.3. The lowest BCUT2D eigenvalue weighted by atomic mass is 9.84. The molecule has 2 aliphatic carbocycles. The monoisotopic (exact) mass is 652 g/mol. The molecule has 2 saturated carbocycles. The highest BCUT2D eigenvalue weighted by Gasteiger charge is 2.39. The van der Waals surface area contributed by atoms with Gasteiger partial charge in [0.2, 0.25) is 0 Å². The number of alkyl carbamates (subject to hydrolysis) is 2. The first-order valence-corrected chi connectivity index (χ1v) is 16.8. The van der Waals surface area contributed by atoms with E-state index in [2.05, 4.69) is 10.6 Å². The van der Waals surface area contributed by atoms with Crippen molar-refractivity contribution >= 4 is 34.2 Å². The van der Waals surface area contributed by atoms with E-state index in [1.54, 1.807) is 55.4 Å². The van der Waals surface area contributed by atoms with Gasteiger partial charge in [0.25, 0.3) is 10.1 Å². The number of nitrogens with one attached hydrogen (secondary N) is 2. The third kappa shape index (κ3) is 15.9. The molecule has 0 aromatic rings. The van der Waals surface area contributed by atoms with Crippen molar-refractivity contribution in [2.75, 3.05) is 19.5 Å². The third-order valence-electron chi connectivity index (χ3n) is 6.54. The van der Waals surface area contributed by atoms with Crippen LogP contribution in [-0.2, 0) is 42.8 Å². The molecule has 2 rings (SSSR count). The number of carbonyl (C=O) groups is 4. The highest BCUT2D eigenvalue weighted by Crippen LogP contribution is 2.29. The Morgan fingerprint density at radius 3 is 1.55 bits per heavy atom. The Morgan fingerprint density at radius 1 is 0.727 bits per heavy atom. The van der Waals surface area contributed by atoms with E-state index >= 15 is 0 Å². The van der Waals surface area contributed by atoms with Crippen molar-refractivity contribution in [2.45, 2.75) is 129 Å². The second kappa shape index (κ2) is 17.2. The number of hydrogen-bond donors (Lipinski definition) is 3. The van der Waals surface area contributed by atoms with Crippen molar-refractivity contribution in [3.8, 4) is 0 Å². The second-order valence-electron chi connectivity index (χ2n) is 12.9. The summed E-state index contributed by atoms with van der Waals surface area (Å²) in [5.74, 6) is -1.32. The number of esters is 2. The Morgan fingerprint density at radius 2 is 1.14 bits per heavy atom. The summed E-state index contributed by atoms with van der Waals surface area (Å²) in [5.41, 5.74) is -1.28. The van der Waals surface area contributed by atoms with Gasteiger partial charge >= 0.3 is 24.1 Å². The van der Waals surface area contributed by atoms with Crippen LogP contribution in [-0.4, -0.2) is 92.6 Å². The summed E-state index contributed by atoms with van der Waals surface area (Å²) in [6.07, 6.45) is 0.697. The minimum atomic E-state index is -3.68. The van der Waals surface area contributed by atoms with Crippen LogP contribution in [0.4, 0.5) is 9.59 Å². The fourth-order valence-corrected chi connectivity index (χ4v) is 5.49. The van der Waals surface area contributed by atoms with Crippen molar-refractivity contribution in [1.29, 1.82) is 0 Å².